The molecule has 0 radical (unpaired) electrons. The Bertz CT molecular complexity index is 596. The Balaban J connectivity index is 2.33. The molecule has 0 unspecified atom stereocenters. The van der Waals surface area contributed by atoms with Gasteiger partial charge in [-0.1, -0.05) is 17.4 Å². The molecule has 0 aliphatic rings. The van der Waals surface area contributed by atoms with E-state index in [0.717, 1.165) is 11.3 Å². The zero-order chi connectivity index (χ0) is 13.1. The number of nitrogens with two attached hydrogens (primary N) is 2. The minimum absolute atomic E-state index is 0.139. The van der Waals surface area contributed by atoms with Gasteiger partial charge in [0.15, 0.2) is 5.69 Å². The normalized spacial score (nSPS) is 10.0. The Morgan fingerprint density at radius 1 is 1.33 bits per heavy atom. The number of carbonyl (C=O) groups is 2. The smallest absolute Gasteiger partial charge is 0.389 e. The summed E-state index contributed by atoms with van der Waals surface area (Å²) in [4.78, 5) is 30.0. The van der Waals surface area contributed by atoms with Gasteiger partial charge in [-0.2, -0.15) is 0 Å². The SMILES string of the molecule is NC(=O)OC(=O)c1nc(-c2ccccn2)sc1N. The number of aromatic nitrogens is 2. The van der Waals surface area contributed by atoms with E-state index in [4.69, 9.17) is 11.5 Å². The van der Waals surface area contributed by atoms with Gasteiger partial charge in [0.05, 0.1) is 5.69 Å². The zero-order valence-corrected chi connectivity index (χ0v) is 9.81. The summed E-state index contributed by atoms with van der Waals surface area (Å²) in [6.45, 7) is 0. The molecule has 0 atom stereocenters. The van der Waals surface area contributed by atoms with Crippen molar-refractivity contribution in [3.63, 3.8) is 0 Å². The lowest BCUT2D eigenvalue weighted by molar-refractivity contribution is 0.0634. The number of carbonyl (C=O) groups excluding carboxylic acids is 2. The van der Waals surface area contributed by atoms with E-state index >= 15 is 0 Å². The van der Waals surface area contributed by atoms with Crippen molar-refractivity contribution in [2.75, 3.05) is 5.73 Å². The second-order valence-corrected chi connectivity index (χ2v) is 4.19. The molecule has 8 heteroatoms. The van der Waals surface area contributed by atoms with E-state index in [1.807, 2.05) is 0 Å². The van der Waals surface area contributed by atoms with Crippen molar-refractivity contribution >= 4 is 28.4 Å². The number of hydrogen-bond acceptors (Lipinski definition) is 7. The third-order valence-corrected chi connectivity index (χ3v) is 2.83. The van der Waals surface area contributed by atoms with Crippen LogP contribution in [0.3, 0.4) is 0 Å². The number of anilines is 1. The maximum Gasteiger partial charge on any atom is 0.412 e. The lowest BCUT2D eigenvalue weighted by Crippen LogP contribution is -2.19. The Morgan fingerprint density at radius 2 is 2.11 bits per heavy atom. The van der Waals surface area contributed by atoms with Gasteiger partial charge in [-0.15, -0.1) is 0 Å². The minimum Gasteiger partial charge on any atom is -0.389 e. The van der Waals surface area contributed by atoms with Crippen LogP contribution in [0.4, 0.5) is 9.80 Å². The number of ether oxygens (including phenoxy) is 1. The maximum atomic E-state index is 11.4. The molecule has 92 valence electrons. The molecule has 1 amide bonds. The fraction of sp³-hybridized carbons (Fsp3) is 0. The first-order chi connectivity index (χ1) is 8.58. The van der Waals surface area contributed by atoms with E-state index in [-0.39, 0.29) is 10.7 Å². The van der Waals surface area contributed by atoms with Crippen molar-refractivity contribution in [1.29, 1.82) is 0 Å². The van der Waals surface area contributed by atoms with Gasteiger partial charge in [0.25, 0.3) is 0 Å². The van der Waals surface area contributed by atoms with Crippen molar-refractivity contribution in [3.05, 3.63) is 30.1 Å². The van der Waals surface area contributed by atoms with Crippen molar-refractivity contribution < 1.29 is 14.3 Å². The number of primary amides is 1. The maximum absolute atomic E-state index is 11.4. The van der Waals surface area contributed by atoms with E-state index < -0.39 is 12.1 Å². The number of hydrogen-bond donors (Lipinski definition) is 2. The summed E-state index contributed by atoms with van der Waals surface area (Å²) in [5.74, 6) is -0.974. The molecule has 2 aromatic rings. The van der Waals surface area contributed by atoms with Crippen LogP contribution in [-0.4, -0.2) is 22.0 Å². The lowest BCUT2D eigenvalue weighted by Gasteiger charge is -1.95. The van der Waals surface area contributed by atoms with E-state index in [9.17, 15) is 9.59 Å². The van der Waals surface area contributed by atoms with Gasteiger partial charge in [0.1, 0.15) is 10.0 Å². The highest BCUT2D eigenvalue weighted by Gasteiger charge is 2.20. The first kappa shape index (κ1) is 12.0. The number of esters is 1. The Morgan fingerprint density at radius 3 is 2.72 bits per heavy atom. The molecule has 2 aromatic heterocycles. The minimum atomic E-state index is -1.20. The third-order valence-electron chi connectivity index (χ3n) is 1.92. The molecular formula is C10H8N4O3S. The molecule has 0 saturated heterocycles. The fourth-order valence-electron chi connectivity index (χ4n) is 1.22. The van der Waals surface area contributed by atoms with E-state index in [1.165, 1.54) is 0 Å². The zero-order valence-electron chi connectivity index (χ0n) is 8.99. The molecular weight excluding hydrogens is 256 g/mol. The molecule has 0 saturated carbocycles. The second kappa shape index (κ2) is 4.80. The lowest BCUT2D eigenvalue weighted by atomic mass is 10.3. The number of nitrogens with zero attached hydrogens (tertiary/aromatic N) is 2. The number of thiazole rings is 1. The van der Waals surface area contributed by atoms with Crippen LogP contribution in [0.2, 0.25) is 0 Å². The quantitative estimate of drug-likeness (QED) is 0.617. The van der Waals surface area contributed by atoms with Crippen LogP contribution in [0.25, 0.3) is 10.7 Å². The second-order valence-electron chi connectivity index (χ2n) is 3.16. The van der Waals surface area contributed by atoms with Crippen LogP contribution in [0.15, 0.2) is 24.4 Å². The molecule has 0 bridgehead atoms. The van der Waals surface area contributed by atoms with Gasteiger partial charge in [0, 0.05) is 6.20 Å². The van der Waals surface area contributed by atoms with E-state index in [2.05, 4.69) is 14.7 Å². The summed E-state index contributed by atoms with van der Waals surface area (Å²) in [5.41, 5.74) is 10.8. The van der Waals surface area contributed by atoms with Crippen molar-refractivity contribution in [1.82, 2.24) is 9.97 Å². The molecule has 2 heterocycles. The molecule has 0 fully saturated rings. The summed E-state index contributed by atoms with van der Waals surface area (Å²) < 4.78 is 4.21. The monoisotopic (exact) mass is 264 g/mol. The molecule has 18 heavy (non-hydrogen) atoms. The highest BCUT2D eigenvalue weighted by molar-refractivity contribution is 7.19. The number of nitrogen functional groups attached to an aromatic ring is 1. The Hall–Kier alpha value is -2.48. The van der Waals surface area contributed by atoms with Gasteiger partial charge >= 0.3 is 12.1 Å². The summed E-state index contributed by atoms with van der Waals surface area (Å²) in [5, 5.41) is 0.603. The van der Waals surface area contributed by atoms with E-state index in [0.29, 0.717) is 10.7 Å². The molecule has 0 aliphatic heterocycles. The molecule has 0 aromatic carbocycles. The Labute approximate surface area is 105 Å². The number of pyridine rings is 1. The van der Waals surface area contributed by atoms with Crippen LogP contribution in [-0.2, 0) is 4.74 Å². The van der Waals surface area contributed by atoms with Gasteiger partial charge < -0.3 is 16.2 Å². The van der Waals surface area contributed by atoms with Gasteiger partial charge in [-0.25, -0.2) is 14.6 Å². The fourth-order valence-corrected chi connectivity index (χ4v) is 2.01. The highest BCUT2D eigenvalue weighted by atomic mass is 32.1. The first-order valence-electron chi connectivity index (χ1n) is 4.77. The van der Waals surface area contributed by atoms with Crippen LogP contribution in [0.1, 0.15) is 10.5 Å². The summed E-state index contributed by atoms with van der Waals surface area (Å²) >= 11 is 1.07. The van der Waals surface area contributed by atoms with Crippen LogP contribution in [0, 0.1) is 0 Å². The van der Waals surface area contributed by atoms with Crippen LogP contribution < -0.4 is 11.5 Å². The first-order valence-corrected chi connectivity index (χ1v) is 5.59. The standard InChI is InChI=1S/C10H8N4O3S/c11-7-6(9(15)17-10(12)16)14-8(18-7)5-3-1-2-4-13-5/h1-4H,11H2,(H2,12,16). The summed E-state index contributed by atoms with van der Waals surface area (Å²) in [7, 11) is 0. The van der Waals surface area contributed by atoms with E-state index in [1.54, 1.807) is 24.4 Å². The van der Waals surface area contributed by atoms with Crippen molar-refractivity contribution in [2.45, 2.75) is 0 Å². The predicted molar refractivity (Wildman–Crippen MR) is 64.8 cm³/mol. The summed E-state index contributed by atoms with van der Waals surface area (Å²) in [6.07, 6.45) is 0.390. The van der Waals surface area contributed by atoms with Crippen molar-refractivity contribution in [2.24, 2.45) is 5.73 Å². The average molecular weight is 264 g/mol. The highest BCUT2D eigenvalue weighted by Crippen LogP contribution is 2.28. The van der Waals surface area contributed by atoms with Gasteiger partial charge in [0.2, 0.25) is 0 Å². The largest absolute Gasteiger partial charge is 0.412 e. The third kappa shape index (κ3) is 2.43. The van der Waals surface area contributed by atoms with Crippen LogP contribution in [0.5, 0.6) is 0 Å². The summed E-state index contributed by atoms with van der Waals surface area (Å²) in [6, 6.07) is 5.26. The predicted octanol–water partition coefficient (Wildman–Crippen LogP) is 1.02. The average Bonchev–Trinajstić information content (AvgIpc) is 2.72. The molecule has 2 rings (SSSR count). The van der Waals surface area contributed by atoms with Crippen LogP contribution >= 0.6 is 11.3 Å². The van der Waals surface area contributed by atoms with Gasteiger partial charge in [-0.05, 0) is 12.1 Å². The van der Waals surface area contributed by atoms with Crippen molar-refractivity contribution in [3.8, 4) is 10.7 Å². The molecule has 0 spiro atoms. The topological polar surface area (TPSA) is 121 Å². The van der Waals surface area contributed by atoms with Gasteiger partial charge in [-0.3, -0.25) is 4.98 Å². The number of rotatable bonds is 2. The molecule has 7 nitrogen and oxygen atoms in total. The number of amides is 1. The molecule has 4 N–H and O–H groups in total. The molecule has 0 aliphatic carbocycles. The Kier molecular flexibility index (Phi) is 3.20.